The van der Waals surface area contributed by atoms with Gasteiger partial charge in [0.15, 0.2) is 0 Å². The van der Waals surface area contributed by atoms with Crippen molar-refractivity contribution in [3.63, 3.8) is 0 Å². The van der Waals surface area contributed by atoms with Gasteiger partial charge in [-0.15, -0.1) is 10.2 Å². The Hall–Kier alpha value is -2.40. The molecule has 3 rings (SSSR count). The summed E-state index contributed by atoms with van der Waals surface area (Å²) in [4.78, 5) is 12.3. The van der Waals surface area contributed by atoms with Crippen molar-refractivity contribution in [2.45, 2.75) is 24.0 Å². The van der Waals surface area contributed by atoms with Gasteiger partial charge in [0.1, 0.15) is 0 Å². The van der Waals surface area contributed by atoms with Crippen LogP contribution in [0.5, 0.6) is 0 Å². The number of sulfonamides is 1. The van der Waals surface area contributed by atoms with E-state index in [0.29, 0.717) is 29.4 Å². The highest BCUT2D eigenvalue weighted by Crippen LogP contribution is 2.26. The highest BCUT2D eigenvalue weighted by molar-refractivity contribution is 7.99. The van der Waals surface area contributed by atoms with E-state index in [4.69, 9.17) is 16.0 Å². The summed E-state index contributed by atoms with van der Waals surface area (Å²) in [5.41, 5.74) is 1.12. The number of hydrogen-bond acceptors (Lipinski definition) is 7. The molecule has 31 heavy (non-hydrogen) atoms. The van der Waals surface area contributed by atoms with Gasteiger partial charge in [-0.25, -0.2) is 8.42 Å². The first-order chi connectivity index (χ1) is 14.8. The van der Waals surface area contributed by atoms with Gasteiger partial charge in [-0.05, 0) is 42.5 Å². The van der Waals surface area contributed by atoms with Crippen LogP contribution in [-0.4, -0.2) is 47.7 Å². The Kier molecular flexibility index (Phi) is 7.71. The molecular weight excluding hydrogens is 460 g/mol. The van der Waals surface area contributed by atoms with Gasteiger partial charge >= 0.3 is 0 Å². The average molecular weight is 481 g/mol. The first kappa shape index (κ1) is 23.3. The normalized spacial score (nSPS) is 11.6. The third-order valence-electron chi connectivity index (χ3n) is 4.29. The van der Waals surface area contributed by atoms with E-state index in [-0.39, 0.29) is 27.7 Å². The number of aromatic nitrogens is 2. The van der Waals surface area contributed by atoms with Crippen molar-refractivity contribution in [1.82, 2.24) is 14.5 Å². The van der Waals surface area contributed by atoms with Gasteiger partial charge < -0.3 is 9.73 Å². The van der Waals surface area contributed by atoms with Crippen LogP contribution in [0.4, 0.5) is 5.69 Å². The standard InChI is InChI=1S/C20H21ClN4O4S2/c1-3-25(4-2)31(27,28)17-7-5-6-14(12-17)19-23-24-20(29-19)30-13-18(26)22-16-10-8-15(21)9-11-16/h5-12H,3-4,13H2,1-2H3,(H,22,26). The molecule has 0 fully saturated rings. The summed E-state index contributed by atoms with van der Waals surface area (Å²) < 4.78 is 32.4. The molecule has 0 spiro atoms. The Balaban J connectivity index is 1.67. The molecule has 164 valence electrons. The number of thioether (sulfide) groups is 1. The van der Waals surface area contributed by atoms with E-state index in [0.717, 1.165) is 11.8 Å². The lowest BCUT2D eigenvalue weighted by Gasteiger charge is -2.18. The number of carbonyl (C=O) groups is 1. The average Bonchev–Trinajstić information content (AvgIpc) is 3.24. The maximum Gasteiger partial charge on any atom is 0.277 e. The molecule has 2 aromatic carbocycles. The van der Waals surface area contributed by atoms with Crippen LogP contribution < -0.4 is 5.32 Å². The topological polar surface area (TPSA) is 105 Å². The molecule has 0 aliphatic heterocycles. The second kappa shape index (κ2) is 10.3. The lowest BCUT2D eigenvalue weighted by Crippen LogP contribution is -2.30. The predicted molar refractivity (Wildman–Crippen MR) is 121 cm³/mol. The smallest absolute Gasteiger partial charge is 0.277 e. The third-order valence-corrected chi connectivity index (χ3v) is 7.40. The van der Waals surface area contributed by atoms with Crippen LogP contribution >= 0.6 is 23.4 Å². The van der Waals surface area contributed by atoms with Crippen molar-refractivity contribution in [2.75, 3.05) is 24.2 Å². The molecule has 11 heteroatoms. The number of carbonyl (C=O) groups excluding carboxylic acids is 1. The van der Waals surface area contributed by atoms with Crippen molar-refractivity contribution in [3.8, 4) is 11.5 Å². The quantitative estimate of drug-likeness (QED) is 0.458. The molecule has 0 saturated heterocycles. The van der Waals surface area contributed by atoms with E-state index in [2.05, 4.69) is 15.5 Å². The first-order valence-electron chi connectivity index (χ1n) is 9.45. The largest absolute Gasteiger partial charge is 0.411 e. The summed E-state index contributed by atoms with van der Waals surface area (Å²) in [7, 11) is -3.60. The number of nitrogens with zero attached hydrogens (tertiary/aromatic N) is 3. The summed E-state index contributed by atoms with van der Waals surface area (Å²) in [6, 6.07) is 13.1. The number of rotatable bonds is 9. The zero-order valence-electron chi connectivity index (χ0n) is 16.9. The van der Waals surface area contributed by atoms with Crippen molar-refractivity contribution in [1.29, 1.82) is 0 Å². The molecule has 0 bridgehead atoms. The van der Waals surface area contributed by atoms with Crippen molar-refractivity contribution >= 4 is 45.0 Å². The molecule has 0 radical (unpaired) electrons. The lowest BCUT2D eigenvalue weighted by atomic mass is 10.2. The molecule has 0 aliphatic rings. The van der Waals surface area contributed by atoms with Crippen LogP contribution in [-0.2, 0) is 14.8 Å². The highest BCUT2D eigenvalue weighted by atomic mass is 35.5. The van der Waals surface area contributed by atoms with Gasteiger partial charge in [0.05, 0.1) is 10.6 Å². The fourth-order valence-corrected chi connectivity index (χ4v) is 4.94. The van der Waals surface area contributed by atoms with E-state index < -0.39 is 10.0 Å². The van der Waals surface area contributed by atoms with Gasteiger partial charge in [0, 0.05) is 29.4 Å². The molecule has 1 heterocycles. The van der Waals surface area contributed by atoms with Crippen molar-refractivity contribution < 1.29 is 17.6 Å². The third kappa shape index (κ3) is 5.85. The van der Waals surface area contributed by atoms with Gasteiger partial charge in [0.25, 0.3) is 5.22 Å². The zero-order chi connectivity index (χ0) is 22.4. The summed E-state index contributed by atoms with van der Waals surface area (Å²) in [6.45, 7) is 4.33. The molecule has 3 aromatic rings. The van der Waals surface area contributed by atoms with Gasteiger partial charge in [-0.2, -0.15) is 4.31 Å². The zero-order valence-corrected chi connectivity index (χ0v) is 19.3. The molecule has 8 nitrogen and oxygen atoms in total. The molecule has 1 aromatic heterocycles. The Morgan fingerprint density at radius 1 is 1.13 bits per heavy atom. The van der Waals surface area contributed by atoms with Crippen LogP contribution in [0.15, 0.2) is 63.1 Å². The van der Waals surface area contributed by atoms with E-state index >= 15 is 0 Å². The molecule has 1 N–H and O–H groups in total. The predicted octanol–water partition coefficient (Wildman–Crippen LogP) is 4.15. The van der Waals surface area contributed by atoms with E-state index in [1.165, 1.54) is 16.4 Å². The van der Waals surface area contributed by atoms with E-state index in [9.17, 15) is 13.2 Å². The number of nitrogens with one attached hydrogen (secondary N) is 1. The summed E-state index contributed by atoms with van der Waals surface area (Å²) in [6.07, 6.45) is 0. The summed E-state index contributed by atoms with van der Waals surface area (Å²) in [5, 5.41) is 11.4. The van der Waals surface area contributed by atoms with E-state index in [1.807, 2.05) is 0 Å². The summed E-state index contributed by atoms with van der Waals surface area (Å²) >= 11 is 6.91. The minimum Gasteiger partial charge on any atom is -0.411 e. The Morgan fingerprint density at radius 3 is 2.52 bits per heavy atom. The SMILES string of the molecule is CCN(CC)S(=O)(=O)c1cccc(-c2nnc(SCC(=O)Nc3ccc(Cl)cc3)o2)c1. The monoisotopic (exact) mass is 480 g/mol. The van der Waals surface area contributed by atoms with Crippen molar-refractivity contribution in [2.24, 2.45) is 0 Å². The highest BCUT2D eigenvalue weighted by Gasteiger charge is 2.22. The fraction of sp³-hybridized carbons (Fsp3) is 0.250. The lowest BCUT2D eigenvalue weighted by molar-refractivity contribution is -0.113. The number of anilines is 1. The maximum absolute atomic E-state index is 12.7. The molecule has 0 unspecified atom stereocenters. The van der Waals surface area contributed by atoms with Gasteiger partial charge in [-0.3, -0.25) is 4.79 Å². The number of amides is 1. The molecule has 0 aliphatic carbocycles. The van der Waals surface area contributed by atoms with Gasteiger partial charge in [-0.1, -0.05) is 43.3 Å². The second-order valence-electron chi connectivity index (χ2n) is 6.33. The molecular formula is C20H21ClN4O4S2. The van der Waals surface area contributed by atoms with Crippen LogP contribution in [0.25, 0.3) is 11.5 Å². The molecule has 0 saturated carbocycles. The minimum atomic E-state index is -3.60. The first-order valence-corrected chi connectivity index (χ1v) is 12.3. The minimum absolute atomic E-state index is 0.0701. The Labute approximate surface area is 190 Å². The van der Waals surface area contributed by atoms with E-state index in [1.54, 1.807) is 50.2 Å². The second-order valence-corrected chi connectivity index (χ2v) is 9.63. The Morgan fingerprint density at radius 2 is 1.84 bits per heavy atom. The molecule has 1 amide bonds. The van der Waals surface area contributed by atoms with Crippen LogP contribution in [0.1, 0.15) is 13.8 Å². The maximum atomic E-state index is 12.7. The Bertz CT molecular complexity index is 1150. The summed E-state index contributed by atoms with van der Waals surface area (Å²) in [5.74, 6) is 0.0114. The van der Waals surface area contributed by atoms with Crippen LogP contribution in [0.3, 0.4) is 0 Å². The van der Waals surface area contributed by atoms with Crippen molar-refractivity contribution in [3.05, 3.63) is 53.6 Å². The van der Waals surface area contributed by atoms with Gasteiger partial charge in [0.2, 0.25) is 21.8 Å². The van der Waals surface area contributed by atoms with Crippen LogP contribution in [0.2, 0.25) is 5.02 Å². The number of benzene rings is 2. The number of halogens is 1. The van der Waals surface area contributed by atoms with Crippen LogP contribution in [0, 0.1) is 0 Å². The molecule has 0 atom stereocenters. The number of hydrogen-bond donors (Lipinski definition) is 1. The fourth-order valence-electron chi connectivity index (χ4n) is 2.74.